The third-order valence-electron chi connectivity index (χ3n) is 3.26. The van der Waals surface area contributed by atoms with Crippen molar-refractivity contribution in [2.75, 3.05) is 0 Å². The summed E-state index contributed by atoms with van der Waals surface area (Å²) in [5.41, 5.74) is 2.88. The van der Waals surface area contributed by atoms with Crippen molar-refractivity contribution in [1.82, 2.24) is 15.4 Å². The van der Waals surface area contributed by atoms with Gasteiger partial charge in [0.15, 0.2) is 5.16 Å². The van der Waals surface area contributed by atoms with E-state index in [4.69, 9.17) is 0 Å². The van der Waals surface area contributed by atoms with Crippen LogP contribution in [0.15, 0.2) is 40.6 Å². The van der Waals surface area contributed by atoms with Crippen molar-refractivity contribution in [1.29, 1.82) is 0 Å². The third kappa shape index (κ3) is 5.55. The number of thioether (sulfide) groups is 1. The number of rotatable bonds is 5. The van der Waals surface area contributed by atoms with E-state index < -0.39 is 22.9 Å². The molecule has 1 aromatic heterocycles. The standard InChI is InChI=1S/C17H17F3N4OS/c1-10-8-11(2)23-16(22-10)26-12(3)15(25)24-21-9-13-6-4-5-7-14(13)17(18,19)20/h4-9,12H,1-3H3,(H,24,25)/b21-9-/t12-/m1/s1. The Morgan fingerprint density at radius 1 is 1.23 bits per heavy atom. The molecule has 0 bridgehead atoms. The van der Waals surface area contributed by atoms with Crippen molar-refractivity contribution in [2.24, 2.45) is 5.10 Å². The summed E-state index contributed by atoms with van der Waals surface area (Å²) in [6.07, 6.45) is -3.51. The van der Waals surface area contributed by atoms with Crippen LogP contribution in [0, 0.1) is 13.8 Å². The number of hydrogen-bond donors (Lipinski definition) is 1. The number of alkyl halides is 3. The van der Waals surface area contributed by atoms with Crippen LogP contribution in [0.1, 0.15) is 29.4 Å². The smallest absolute Gasteiger partial charge is 0.272 e. The topological polar surface area (TPSA) is 67.2 Å². The fraction of sp³-hybridized carbons (Fsp3) is 0.294. The highest BCUT2D eigenvalue weighted by Gasteiger charge is 2.32. The molecular weight excluding hydrogens is 365 g/mol. The Labute approximate surface area is 153 Å². The van der Waals surface area contributed by atoms with Gasteiger partial charge >= 0.3 is 6.18 Å². The minimum Gasteiger partial charge on any atom is -0.272 e. The van der Waals surface area contributed by atoms with Crippen molar-refractivity contribution in [2.45, 2.75) is 37.4 Å². The zero-order valence-corrected chi connectivity index (χ0v) is 15.1. The molecule has 0 aliphatic heterocycles. The minimum absolute atomic E-state index is 0.127. The van der Waals surface area contributed by atoms with Gasteiger partial charge < -0.3 is 0 Å². The molecular formula is C17H17F3N4OS. The average Bonchev–Trinajstić information content (AvgIpc) is 2.53. The number of amides is 1. The lowest BCUT2D eigenvalue weighted by Crippen LogP contribution is -2.27. The molecule has 1 N–H and O–H groups in total. The lowest BCUT2D eigenvalue weighted by molar-refractivity contribution is -0.137. The highest BCUT2D eigenvalue weighted by atomic mass is 32.2. The van der Waals surface area contributed by atoms with Crippen LogP contribution in [-0.2, 0) is 11.0 Å². The lowest BCUT2D eigenvalue weighted by Gasteiger charge is -2.10. The van der Waals surface area contributed by atoms with Crippen LogP contribution in [0.4, 0.5) is 13.2 Å². The maximum Gasteiger partial charge on any atom is 0.417 e. The van der Waals surface area contributed by atoms with Crippen LogP contribution >= 0.6 is 11.8 Å². The number of carbonyl (C=O) groups excluding carboxylic acids is 1. The molecule has 0 aliphatic rings. The Morgan fingerprint density at radius 3 is 2.46 bits per heavy atom. The molecule has 0 saturated heterocycles. The summed E-state index contributed by atoms with van der Waals surface area (Å²) in [6, 6.07) is 6.81. The Balaban J connectivity index is 2.01. The first kappa shape index (κ1) is 19.9. The monoisotopic (exact) mass is 382 g/mol. The van der Waals surface area contributed by atoms with Crippen LogP contribution in [-0.4, -0.2) is 27.3 Å². The van der Waals surface area contributed by atoms with Gasteiger partial charge in [-0.25, -0.2) is 15.4 Å². The van der Waals surface area contributed by atoms with Crippen LogP contribution in [0.3, 0.4) is 0 Å². The first-order valence-corrected chi connectivity index (χ1v) is 8.53. The van der Waals surface area contributed by atoms with Crippen molar-refractivity contribution >= 4 is 23.9 Å². The Morgan fingerprint density at radius 2 is 1.85 bits per heavy atom. The van der Waals surface area contributed by atoms with E-state index >= 15 is 0 Å². The van der Waals surface area contributed by atoms with Gasteiger partial charge in [-0.2, -0.15) is 18.3 Å². The van der Waals surface area contributed by atoms with Gasteiger partial charge in [0.1, 0.15) is 0 Å². The van der Waals surface area contributed by atoms with Gasteiger partial charge in [-0.15, -0.1) is 0 Å². The van der Waals surface area contributed by atoms with Gasteiger partial charge in [-0.3, -0.25) is 4.79 Å². The number of nitrogens with one attached hydrogen (secondary N) is 1. The van der Waals surface area contributed by atoms with E-state index in [0.717, 1.165) is 35.4 Å². The largest absolute Gasteiger partial charge is 0.417 e. The zero-order chi connectivity index (χ0) is 19.3. The lowest BCUT2D eigenvalue weighted by atomic mass is 10.1. The van der Waals surface area contributed by atoms with Gasteiger partial charge in [0.2, 0.25) is 0 Å². The number of halogens is 3. The van der Waals surface area contributed by atoms with Crippen LogP contribution in [0.2, 0.25) is 0 Å². The Bertz CT molecular complexity index is 804. The summed E-state index contributed by atoms with van der Waals surface area (Å²) in [6.45, 7) is 5.29. The predicted octanol–water partition coefficient (Wildman–Crippen LogP) is 3.74. The molecule has 5 nitrogen and oxygen atoms in total. The highest BCUT2D eigenvalue weighted by Crippen LogP contribution is 2.31. The van der Waals surface area contributed by atoms with Gasteiger partial charge in [0, 0.05) is 17.0 Å². The molecule has 26 heavy (non-hydrogen) atoms. The van der Waals surface area contributed by atoms with Crippen molar-refractivity contribution < 1.29 is 18.0 Å². The Hall–Kier alpha value is -2.42. The SMILES string of the molecule is Cc1cc(C)nc(S[C@H](C)C(=O)N/N=C\c2ccccc2C(F)(F)F)n1. The van der Waals surface area contributed by atoms with E-state index in [1.165, 1.54) is 18.2 Å². The van der Waals surface area contributed by atoms with Crippen LogP contribution in [0.25, 0.3) is 0 Å². The van der Waals surface area contributed by atoms with E-state index in [0.29, 0.717) is 5.16 Å². The predicted molar refractivity (Wildman–Crippen MR) is 94.0 cm³/mol. The number of aromatic nitrogens is 2. The number of benzene rings is 1. The second-order valence-corrected chi connectivity index (χ2v) is 6.82. The summed E-state index contributed by atoms with van der Waals surface area (Å²) in [4.78, 5) is 20.5. The van der Waals surface area contributed by atoms with Crippen LogP contribution < -0.4 is 5.43 Å². The normalized spacial score (nSPS) is 13.0. The Kier molecular flexibility index (Phi) is 6.36. The molecule has 2 aromatic rings. The second kappa shape index (κ2) is 8.31. The maximum absolute atomic E-state index is 12.9. The fourth-order valence-electron chi connectivity index (χ4n) is 2.08. The third-order valence-corrected chi connectivity index (χ3v) is 4.22. The maximum atomic E-state index is 12.9. The van der Waals surface area contributed by atoms with Gasteiger partial charge in [-0.05, 0) is 32.9 Å². The highest BCUT2D eigenvalue weighted by molar-refractivity contribution is 8.00. The molecule has 1 atom stereocenters. The first-order valence-electron chi connectivity index (χ1n) is 7.65. The number of aryl methyl sites for hydroxylation is 2. The first-order chi connectivity index (χ1) is 12.2. The summed E-state index contributed by atoms with van der Waals surface area (Å²) >= 11 is 1.15. The molecule has 1 aromatic carbocycles. The molecule has 0 radical (unpaired) electrons. The van der Waals surface area contributed by atoms with Gasteiger partial charge in [0.25, 0.3) is 5.91 Å². The quantitative estimate of drug-likeness (QED) is 0.370. The van der Waals surface area contributed by atoms with Gasteiger partial charge in [0.05, 0.1) is 17.0 Å². The van der Waals surface area contributed by atoms with Crippen molar-refractivity contribution in [3.63, 3.8) is 0 Å². The molecule has 0 unspecified atom stereocenters. The molecule has 9 heteroatoms. The summed E-state index contributed by atoms with van der Waals surface area (Å²) in [7, 11) is 0. The molecule has 2 rings (SSSR count). The average molecular weight is 382 g/mol. The number of nitrogens with zero attached hydrogens (tertiary/aromatic N) is 3. The molecule has 138 valence electrons. The molecule has 1 amide bonds. The van der Waals surface area contributed by atoms with E-state index in [-0.39, 0.29) is 5.56 Å². The van der Waals surface area contributed by atoms with Crippen molar-refractivity contribution in [3.05, 3.63) is 52.8 Å². The zero-order valence-electron chi connectivity index (χ0n) is 14.3. The summed E-state index contributed by atoms with van der Waals surface area (Å²) in [5.74, 6) is -0.460. The molecule has 0 aliphatic carbocycles. The second-order valence-electron chi connectivity index (χ2n) is 5.51. The molecule has 0 fully saturated rings. The van der Waals surface area contributed by atoms with Gasteiger partial charge in [-0.1, -0.05) is 30.0 Å². The van der Waals surface area contributed by atoms with Crippen molar-refractivity contribution in [3.8, 4) is 0 Å². The fourth-order valence-corrected chi connectivity index (χ4v) is 2.95. The summed E-state index contributed by atoms with van der Waals surface area (Å²) in [5, 5.41) is 3.53. The number of hydrogen-bond acceptors (Lipinski definition) is 5. The molecule has 0 spiro atoms. The summed E-state index contributed by atoms with van der Waals surface area (Å²) < 4.78 is 38.7. The number of carbonyl (C=O) groups is 1. The number of hydrazone groups is 1. The minimum atomic E-state index is -4.49. The van der Waals surface area contributed by atoms with E-state index in [1.807, 2.05) is 19.9 Å². The van der Waals surface area contributed by atoms with E-state index in [1.54, 1.807) is 6.92 Å². The molecule has 1 heterocycles. The van der Waals surface area contributed by atoms with E-state index in [2.05, 4.69) is 20.5 Å². The van der Waals surface area contributed by atoms with E-state index in [9.17, 15) is 18.0 Å². The van der Waals surface area contributed by atoms with Crippen LogP contribution in [0.5, 0.6) is 0 Å². The molecule has 0 saturated carbocycles.